The van der Waals surface area contributed by atoms with Gasteiger partial charge in [0.2, 0.25) is 0 Å². The van der Waals surface area contributed by atoms with E-state index in [0.29, 0.717) is 16.7 Å². The molecule has 0 aromatic heterocycles. The van der Waals surface area contributed by atoms with Crippen molar-refractivity contribution < 1.29 is 24.5 Å². The van der Waals surface area contributed by atoms with Crippen molar-refractivity contribution in [3.8, 4) is 23.0 Å². The molecule has 0 aliphatic carbocycles. The maximum atomic E-state index is 12.9. The number of nitrogen functional groups attached to an aromatic ring is 1. The number of aromatic hydroxyl groups is 2. The molecule has 5 rings (SSSR count). The maximum Gasteiger partial charge on any atom is 0.340 e. The number of phenolic OH excluding ortho intramolecular Hbond substituents is 2. The number of nitrogens with two attached hydrogens (primary N) is 1. The van der Waals surface area contributed by atoms with Crippen LogP contribution in [0.2, 0.25) is 0 Å². The summed E-state index contributed by atoms with van der Waals surface area (Å²) < 4.78 is 11.8. The predicted molar refractivity (Wildman–Crippen MR) is 101 cm³/mol. The molecule has 2 aliphatic heterocycles. The topological polar surface area (TPSA) is 151 Å². The number of nitrogens with zero attached hydrogens (tertiary/aromatic N) is 3. The highest BCUT2D eigenvalue weighted by Gasteiger charge is 2.54. The van der Waals surface area contributed by atoms with Crippen LogP contribution in [-0.4, -0.2) is 16.2 Å². The van der Waals surface area contributed by atoms with Crippen LogP contribution in [0.25, 0.3) is 10.4 Å². The molecule has 0 atom stereocenters. The molecule has 3 aromatic carbocycles. The lowest BCUT2D eigenvalue weighted by molar-refractivity contribution is 0.0224. The van der Waals surface area contributed by atoms with Crippen molar-refractivity contribution in [3.63, 3.8) is 0 Å². The number of hydrogen-bond acceptors (Lipinski definition) is 7. The van der Waals surface area contributed by atoms with Gasteiger partial charge in [-0.15, -0.1) is 0 Å². The van der Waals surface area contributed by atoms with Gasteiger partial charge in [-0.25, -0.2) is 4.79 Å². The molecular formula is C20H12N4O5. The second-order valence-corrected chi connectivity index (χ2v) is 6.65. The molecule has 0 saturated carbocycles. The SMILES string of the molecule is [N-]=[N+]=Nc1c(N)ccc2c1C(=O)OC21c2ccc(O)cc2Oc2cc(O)ccc21. The van der Waals surface area contributed by atoms with Crippen LogP contribution in [-0.2, 0) is 10.3 Å². The number of anilines is 1. The molecule has 142 valence electrons. The molecule has 0 saturated heterocycles. The molecule has 9 heteroatoms. The highest BCUT2D eigenvalue weighted by Crippen LogP contribution is 2.58. The fourth-order valence-electron chi connectivity index (χ4n) is 3.94. The van der Waals surface area contributed by atoms with Crippen molar-refractivity contribution >= 4 is 17.3 Å². The summed E-state index contributed by atoms with van der Waals surface area (Å²) in [4.78, 5) is 15.7. The molecule has 1 spiro atoms. The molecule has 29 heavy (non-hydrogen) atoms. The van der Waals surface area contributed by atoms with Crippen molar-refractivity contribution in [2.75, 3.05) is 5.73 Å². The maximum absolute atomic E-state index is 12.9. The van der Waals surface area contributed by atoms with Gasteiger partial charge in [-0.1, -0.05) is 11.2 Å². The van der Waals surface area contributed by atoms with Crippen LogP contribution in [0.1, 0.15) is 27.0 Å². The number of ether oxygens (including phenoxy) is 2. The first-order chi connectivity index (χ1) is 14.0. The Bertz CT molecular complexity index is 1230. The molecular weight excluding hydrogens is 376 g/mol. The molecule has 0 amide bonds. The van der Waals surface area contributed by atoms with Gasteiger partial charge in [-0.3, -0.25) is 0 Å². The predicted octanol–water partition coefficient (Wildman–Crippen LogP) is 4.19. The third-order valence-electron chi connectivity index (χ3n) is 5.09. The molecule has 9 nitrogen and oxygen atoms in total. The fourth-order valence-corrected chi connectivity index (χ4v) is 3.94. The first kappa shape index (κ1) is 16.8. The largest absolute Gasteiger partial charge is 0.508 e. The van der Waals surface area contributed by atoms with Crippen LogP contribution in [0.15, 0.2) is 53.6 Å². The van der Waals surface area contributed by atoms with Gasteiger partial charge in [-0.05, 0) is 35.9 Å². The minimum atomic E-state index is -1.43. The normalized spacial score (nSPS) is 14.8. The molecule has 3 aromatic rings. The zero-order valence-electron chi connectivity index (χ0n) is 14.7. The summed E-state index contributed by atoms with van der Waals surface area (Å²) in [7, 11) is 0. The fraction of sp³-hybridized carbons (Fsp3) is 0.0500. The van der Waals surface area contributed by atoms with Crippen LogP contribution in [0.5, 0.6) is 23.0 Å². The average molecular weight is 388 g/mol. The van der Waals surface area contributed by atoms with Crippen molar-refractivity contribution in [2.45, 2.75) is 5.60 Å². The minimum Gasteiger partial charge on any atom is -0.508 e. The van der Waals surface area contributed by atoms with Gasteiger partial charge in [0.25, 0.3) is 0 Å². The number of carbonyl (C=O) groups is 1. The van der Waals surface area contributed by atoms with Crippen LogP contribution in [0, 0.1) is 0 Å². The Morgan fingerprint density at radius 1 is 0.966 bits per heavy atom. The Morgan fingerprint density at radius 2 is 1.55 bits per heavy atom. The molecule has 0 radical (unpaired) electrons. The van der Waals surface area contributed by atoms with Crippen molar-refractivity contribution in [2.24, 2.45) is 5.11 Å². The van der Waals surface area contributed by atoms with E-state index in [0.717, 1.165) is 0 Å². The lowest BCUT2D eigenvalue weighted by Crippen LogP contribution is -2.32. The van der Waals surface area contributed by atoms with Crippen LogP contribution >= 0.6 is 0 Å². The second kappa shape index (κ2) is 5.57. The van der Waals surface area contributed by atoms with E-state index in [-0.39, 0.29) is 39.9 Å². The van der Waals surface area contributed by atoms with Gasteiger partial charge in [0.15, 0.2) is 5.60 Å². The Morgan fingerprint density at radius 3 is 2.14 bits per heavy atom. The number of azide groups is 1. The second-order valence-electron chi connectivity index (χ2n) is 6.65. The Hall–Kier alpha value is -4.36. The van der Waals surface area contributed by atoms with Crippen LogP contribution in [0.3, 0.4) is 0 Å². The summed E-state index contributed by atoms with van der Waals surface area (Å²) in [6.07, 6.45) is 0. The van der Waals surface area contributed by atoms with E-state index in [1.165, 1.54) is 30.3 Å². The average Bonchev–Trinajstić information content (AvgIpc) is 2.97. The summed E-state index contributed by atoms with van der Waals surface area (Å²) in [5.74, 6) is -0.287. The van der Waals surface area contributed by atoms with E-state index in [4.69, 9.17) is 20.7 Å². The molecule has 0 unspecified atom stereocenters. The summed E-state index contributed by atoms with van der Waals surface area (Å²) in [5.41, 5.74) is 15.0. The van der Waals surface area contributed by atoms with Gasteiger partial charge >= 0.3 is 5.97 Å². The first-order valence-corrected chi connectivity index (χ1v) is 8.52. The number of esters is 1. The van der Waals surface area contributed by atoms with E-state index in [1.54, 1.807) is 18.2 Å². The molecule has 0 bridgehead atoms. The van der Waals surface area contributed by atoms with Crippen LogP contribution in [0.4, 0.5) is 11.4 Å². The molecule has 2 heterocycles. The zero-order valence-corrected chi connectivity index (χ0v) is 14.7. The zero-order chi connectivity index (χ0) is 20.3. The van der Waals surface area contributed by atoms with E-state index >= 15 is 0 Å². The summed E-state index contributed by atoms with van der Waals surface area (Å²) in [5, 5.41) is 23.4. The van der Waals surface area contributed by atoms with Gasteiger partial charge in [0.1, 0.15) is 23.0 Å². The summed E-state index contributed by atoms with van der Waals surface area (Å²) in [6.45, 7) is 0. The lowest BCUT2D eigenvalue weighted by Gasteiger charge is -2.36. The number of benzene rings is 3. The van der Waals surface area contributed by atoms with E-state index in [2.05, 4.69) is 10.0 Å². The summed E-state index contributed by atoms with van der Waals surface area (Å²) in [6, 6.07) is 12.0. The van der Waals surface area contributed by atoms with E-state index in [9.17, 15) is 15.0 Å². The Labute approximate surface area is 163 Å². The first-order valence-electron chi connectivity index (χ1n) is 8.52. The summed E-state index contributed by atoms with van der Waals surface area (Å²) >= 11 is 0. The minimum absolute atomic E-state index is 0.0148. The Balaban J connectivity index is 1.92. The standard InChI is InChI=1S/C20H12N4O5/c21-14-6-5-13-17(18(14)23-24-22)19(27)29-20(13)11-3-1-9(25)7-15(11)28-16-8-10(26)2-4-12(16)20/h1-8,25-26H,21H2. The monoisotopic (exact) mass is 388 g/mol. The van der Waals surface area contributed by atoms with E-state index < -0.39 is 11.6 Å². The number of rotatable bonds is 1. The molecule has 0 fully saturated rings. The number of phenols is 2. The number of fused-ring (bicyclic) bond motifs is 6. The molecule has 2 aliphatic rings. The van der Waals surface area contributed by atoms with Crippen molar-refractivity contribution in [3.05, 3.63) is 81.2 Å². The van der Waals surface area contributed by atoms with Crippen molar-refractivity contribution in [1.82, 2.24) is 0 Å². The quantitative estimate of drug-likeness (QED) is 0.187. The lowest BCUT2D eigenvalue weighted by atomic mass is 9.77. The highest BCUT2D eigenvalue weighted by atomic mass is 16.6. The van der Waals surface area contributed by atoms with Gasteiger partial charge < -0.3 is 25.4 Å². The molecule has 4 N–H and O–H groups in total. The van der Waals surface area contributed by atoms with Gasteiger partial charge in [-0.2, -0.15) is 0 Å². The number of carbonyl (C=O) groups excluding carboxylic acids is 1. The van der Waals surface area contributed by atoms with Gasteiger partial charge in [0.05, 0.1) is 11.3 Å². The van der Waals surface area contributed by atoms with Gasteiger partial charge in [0, 0.05) is 39.4 Å². The highest BCUT2D eigenvalue weighted by molar-refractivity contribution is 6.04. The number of hydrogen-bond donors (Lipinski definition) is 3. The van der Waals surface area contributed by atoms with Crippen molar-refractivity contribution in [1.29, 1.82) is 0 Å². The van der Waals surface area contributed by atoms with Crippen LogP contribution < -0.4 is 10.5 Å². The smallest absolute Gasteiger partial charge is 0.340 e. The third kappa shape index (κ3) is 2.10. The third-order valence-corrected chi connectivity index (χ3v) is 5.09. The van der Waals surface area contributed by atoms with E-state index in [1.807, 2.05) is 0 Å². The Kier molecular flexibility index (Phi) is 3.22.